The van der Waals surface area contributed by atoms with Crippen LogP contribution in [-0.4, -0.2) is 5.78 Å². The van der Waals surface area contributed by atoms with Gasteiger partial charge in [0.1, 0.15) is 0 Å². The maximum Gasteiger partial charge on any atom is 0.162 e. The third-order valence-corrected chi connectivity index (χ3v) is 2.94. The van der Waals surface area contributed by atoms with Gasteiger partial charge in [-0.3, -0.25) is 4.79 Å². The molecule has 0 radical (unpaired) electrons. The summed E-state index contributed by atoms with van der Waals surface area (Å²) >= 11 is 0. The fourth-order valence-corrected chi connectivity index (χ4v) is 1.68. The molecule has 1 nitrogen and oxygen atoms in total. The zero-order valence-corrected chi connectivity index (χ0v) is 9.52. The predicted molar refractivity (Wildman–Crippen MR) is 60.2 cm³/mol. The van der Waals surface area contributed by atoms with Crippen LogP contribution in [0.3, 0.4) is 0 Å². The van der Waals surface area contributed by atoms with Gasteiger partial charge in [0.25, 0.3) is 0 Å². The van der Waals surface area contributed by atoms with Crippen molar-refractivity contribution in [1.29, 1.82) is 0 Å². The maximum atomic E-state index is 11.8. The first-order chi connectivity index (χ1) is 6.61. The van der Waals surface area contributed by atoms with E-state index >= 15 is 0 Å². The van der Waals surface area contributed by atoms with E-state index < -0.39 is 0 Å². The van der Waals surface area contributed by atoms with Crippen LogP contribution in [0.2, 0.25) is 0 Å². The molecule has 0 aromatic carbocycles. The zero-order chi connectivity index (χ0) is 10.6. The normalized spacial score (nSPS) is 16.1. The van der Waals surface area contributed by atoms with Crippen molar-refractivity contribution >= 4 is 5.78 Å². The number of carbonyl (C=O) groups excluding carboxylic acids is 1. The minimum atomic E-state index is 0.304. The van der Waals surface area contributed by atoms with Gasteiger partial charge in [-0.2, -0.15) is 0 Å². The van der Waals surface area contributed by atoms with Gasteiger partial charge < -0.3 is 0 Å². The Morgan fingerprint density at radius 2 is 2.00 bits per heavy atom. The Morgan fingerprint density at radius 3 is 2.50 bits per heavy atom. The molecule has 0 fully saturated rings. The molecule has 0 aliphatic heterocycles. The lowest BCUT2D eigenvalue weighted by Crippen LogP contribution is -2.04. The molecule has 1 aliphatic carbocycles. The van der Waals surface area contributed by atoms with Crippen LogP contribution < -0.4 is 0 Å². The van der Waals surface area contributed by atoms with Crippen LogP contribution >= 0.6 is 0 Å². The summed E-state index contributed by atoms with van der Waals surface area (Å²) < 4.78 is 0. The molecule has 1 aliphatic rings. The summed E-state index contributed by atoms with van der Waals surface area (Å²) in [6, 6.07) is 0. The monoisotopic (exact) mass is 192 g/mol. The van der Waals surface area contributed by atoms with E-state index in [-0.39, 0.29) is 0 Å². The molecule has 0 aromatic heterocycles. The number of hydrogen-bond acceptors (Lipinski definition) is 1. The Hall–Kier alpha value is -0.850. The minimum Gasteiger partial charge on any atom is -0.294 e. The molecule has 0 N–H and O–H groups in total. The first-order valence-electron chi connectivity index (χ1n) is 5.46. The second-order valence-electron chi connectivity index (χ2n) is 4.33. The molecule has 0 amide bonds. The molecule has 0 spiro atoms. The average molecular weight is 192 g/mol. The first-order valence-corrected chi connectivity index (χ1v) is 5.46. The van der Waals surface area contributed by atoms with Crippen molar-refractivity contribution in [2.45, 2.75) is 52.9 Å². The van der Waals surface area contributed by atoms with Gasteiger partial charge in [-0.25, -0.2) is 0 Å². The van der Waals surface area contributed by atoms with Crippen molar-refractivity contribution in [3.63, 3.8) is 0 Å². The van der Waals surface area contributed by atoms with Crippen LogP contribution in [0.4, 0.5) is 0 Å². The van der Waals surface area contributed by atoms with Gasteiger partial charge in [-0.1, -0.05) is 17.2 Å². The van der Waals surface area contributed by atoms with Gasteiger partial charge in [0.05, 0.1) is 0 Å². The fourth-order valence-electron chi connectivity index (χ4n) is 1.68. The molecule has 0 saturated heterocycles. The smallest absolute Gasteiger partial charge is 0.162 e. The van der Waals surface area contributed by atoms with Gasteiger partial charge in [-0.05, 0) is 52.0 Å². The molecule has 0 bridgehead atoms. The summed E-state index contributed by atoms with van der Waals surface area (Å²) in [5.41, 5.74) is 3.43. The van der Waals surface area contributed by atoms with Crippen LogP contribution in [0.5, 0.6) is 0 Å². The van der Waals surface area contributed by atoms with E-state index in [0.717, 1.165) is 24.0 Å². The van der Waals surface area contributed by atoms with Crippen LogP contribution in [0.15, 0.2) is 22.8 Å². The lowest BCUT2D eigenvalue weighted by atomic mass is 9.93. The predicted octanol–water partition coefficient (Wildman–Crippen LogP) is 3.80. The molecule has 0 aromatic rings. The van der Waals surface area contributed by atoms with E-state index in [1.807, 2.05) is 20.8 Å². The largest absolute Gasteiger partial charge is 0.294 e. The van der Waals surface area contributed by atoms with Crippen LogP contribution in [-0.2, 0) is 4.79 Å². The summed E-state index contributed by atoms with van der Waals surface area (Å²) in [4.78, 5) is 11.8. The number of allylic oxidation sites excluding steroid dienone is 4. The van der Waals surface area contributed by atoms with Crippen LogP contribution in [0.25, 0.3) is 0 Å². The summed E-state index contributed by atoms with van der Waals surface area (Å²) in [5.74, 6) is 0.304. The summed E-state index contributed by atoms with van der Waals surface area (Å²) in [7, 11) is 0. The Bertz CT molecular complexity index is 278. The molecular weight excluding hydrogens is 172 g/mol. The number of carbonyl (C=O) groups is 1. The van der Waals surface area contributed by atoms with E-state index in [0.29, 0.717) is 12.2 Å². The van der Waals surface area contributed by atoms with E-state index in [9.17, 15) is 4.79 Å². The molecule has 0 atom stereocenters. The quantitative estimate of drug-likeness (QED) is 0.491. The lowest BCUT2D eigenvalue weighted by molar-refractivity contribution is -0.115. The molecule has 1 heteroatoms. The Morgan fingerprint density at radius 1 is 1.29 bits per heavy atom. The third-order valence-electron chi connectivity index (χ3n) is 2.94. The molecule has 78 valence electrons. The summed E-state index contributed by atoms with van der Waals surface area (Å²) in [6.45, 7) is 5.94. The van der Waals surface area contributed by atoms with Crippen molar-refractivity contribution < 1.29 is 4.79 Å². The van der Waals surface area contributed by atoms with Crippen molar-refractivity contribution in [1.82, 2.24) is 0 Å². The van der Waals surface area contributed by atoms with Gasteiger partial charge in [0, 0.05) is 6.42 Å². The molecule has 0 saturated carbocycles. The van der Waals surface area contributed by atoms with E-state index in [1.54, 1.807) is 0 Å². The van der Waals surface area contributed by atoms with Crippen molar-refractivity contribution in [3.8, 4) is 0 Å². The summed E-state index contributed by atoms with van der Waals surface area (Å²) in [6.07, 6.45) is 7.74. The van der Waals surface area contributed by atoms with Crippen molar-refractivity contribution in [2.75, 3.05) is 0 Å². The zero-order valence-electron chi connectivity index (χ0n) is 9.52. The molecule has 1 rings (SSSR count). The molecular formula is C13H20O. The van der Waals surface area contributed by atoms with E-state index in [2.05, 4.69) is 6.08 Å². The highest BCUT2D eigenvalue weighted by atomic mass is 16.1. The highest BCUT2D eigenvalue weighted by molar-refractivity contribution is 5.96. The van der Waals surface area contributed by atoms with Gasteiger partial charge in [0.15, 0.2) is 5.78 Å². The minimum absolute atomic E-state index is 0.304. The fraction of sp³-hybridized carbons (Fsp3) is 0.615. The number of hydrogen-bond donors (Lipinski definition) is 0. The van der Waals surface area contributed by atoms with E-state index in [4.69, 9.17) is 0 Å². The molecule has 0 heterocycles. The van der Waals surface area contributed by atoms with Crippen LogP contribution in [0, 0.1) is 0 Å². The molecule has 0 unspecified atom stereocenters. The van der Waals surface area contributed by atoms with Crippen LogP contribution in [0.1, 0.15) is 52.9 Å². The van der Waals surface area contributed by atoms with Crippen molar-refractivity contribution in [2.24, 2.45) is 0 Å². The summed E-state index contributed by atoms with van der Waals surface area (Å²) in [5, 5.41) is 0. The number of ketones is 1. The average Bonchev–Trinajstić information content (AvgIpc) is 2.18. The molecule has 14 heavy (non-hydrogen) atoms. The van der Waals surface area contributed by atoms with Gasteiger partial charge >= 0.3 is 0 Å². The highest BCUT2D eigenvalue weighted by Gasteiger charge is 2.10. The maximum absolute atomic E-state index is 11.8. The number of rotatable bonds is 3. The van der Waals surface area contributed by atoms with Gasteiger partial charge in [-0.15, -0.1) is 0 Å². The Kier molecular flexibility index (Phi) is 4.12. The van der Waals surface area contributed by atoms with Crippen molar-refractivity contribution in [3.05, 3.63) is 22.8 Å². The standard InChI is InChI=1S/C13H20O/c1-10(2)11(3)13(14)9-12-7-5-4-6-8-12/h7H,4-6,8-9H2,1-3H3. The number of Topliss-reactive ketones (excluding diaryl/α,β-unsaturated/α-hetero) is 1. The second kappa shape index (κ2) is 5.14. The SMILES string of the molecule is CC(C)=C(C)C(=O)CC1=CCCCC1. The van der Waals surface area contributed by atoms with Gasteiger partial charge in [0.2, 0.25) is 0 Å². The third kappa shape index (κ3) is 3.13. The Labute approximate surface area is 86.9 Å². The first kappa shape index (κ1) is 11.2. The van der Waals surface area contributed by atoms with E-state index in [1.165, 1.54) is 18.4 Å². The topological polar surface area (TPSA) is 17.1 Å². The lowest BCUT2D eigenvalue weighted by Gasteiger charge is -2.12. The Balaban J connectivity index is 2.56. The second-order valence-corrected chi connectivity index (χ2v) is 4.33. The highest BCUT2D eigenvalue weighted by Crippen LogP contribution is 2.21.